The van der Waals surface area contributed by atoms with Crippen molar-refractivity contribution in [3.8, 4) is 5.75 Å². The van der Waals surface area contributed by atoms with Gasteiger partial charge < -0.3 is 25.7 Å². The summed E-state index contributed by atoms with van der Waals surface area (Å²) in [6.45, 7) is 0. The van der Waals surface area contributed by atoms with Crippen molar-refractivity contribution in [1.29, 1.82) is 0 Å². The van der Waals surface area contributed by atoms with E-state index in [0.717, 1.165) is 11.3 Å². The molecule has 0 aliphatic carbocycles. The molecule has 0 amide bonds. The fraction of sp³-hybridized carbons (Fsp3) is 0.200. The number of anilines is 1. The number of rotatable bonds is 5. The number of carboxylic acid groups (broad SMARTS) is 1. The smallest absolute Gasteiger partial charge is 0.526 e. The van der Waals surface area contributed by atoms with E-state index in [9.17, 15) is 19.7 Å². The van der Waals surface area contributed by atoms with E-state index in [0.29, 0.717) is 10.4 Å². The van der Waals surface area contributed by atoms with Crippen molar-refractivity contribution < 1.29 is 29.6 Å². The number of ketones is 1. The minimum atomic E-state index is -1.36. The first-order valence-corrected chi connectivity index (χ1v) is 8.39. The SMILES string of the molecule is Nc1ncc(/C(=N\O)C(=O)C[C@H]2Cc3cccc(C(=O)O)c3OB2O)s1. The molecule has 0 saturated heterocycles. The van der Waals surface area contributed by atoms with Crippen LogP contribution in [-0.2, 0) is 11.2 Å². The number of thiazole rings is 1. The maximum Gasteiger partial charge on any atom is 0.526 e. The van der Waals surface area contributed by atoms with Gasteiger partial charge in [-0.25, -0.2) is 9.78 Å². The van der Waals surface area contributed by atoms with Gasteiger partial charge in [0.05, 0.1) is 10.4 Å². The molecule has 0 saturated carbocycles. The second-order valence-electron chi connectivity index (χ2n) is 5.71. The van der Waals surface area contributed by atoms with Crippen LogP contribution in [0.3, 0.4) is 0 Å². The molecule has 0 spiro atoms. The average Bonchev–Trinajstić information content (AvgIpc) is 3.01. The Balaban J connectivity index is 1.80. The Labute approximate surface area is 151 Å². The van der Waals surface area contributed by atoms with Gasteiger partial charge in [-0.3, -0.25) is 4.79 Å². The summed E-state index contributed by atoms with van der Waals surface area (Å²) in [6.07, 6.45) is 1.41. The molecule has 0 fully saturated rings. The zero-order valence-corrected chi connectivity index (χ0v) is 14.1. The van der Waals surface area contributed by atoms with E-state index in [4.69, 9.17) is 15.6 Å². The number of nitrogens with two attached hydrogens (primary N) is 1. The number of Topliss-reactive ketones (excluding diaryl/α,β-unsaturated/α-hetero) is 1. The molecule has 9 nitrogen and oxygen atoms in total. The van der Waals surface area contributed by atoms with Crippen LogP contribution in [0.4, 0.5) is 5.13 Å². The van der Waals surface area contributed by atoms with Crippen molar-refractivity contribution in [3.63, 3.8) is 0 Å². The van der Waals surface area contributed by atoms with Crippen LogP contribution in [0.5, 0.6) is 5.75 Å². The van der Waals surface area contributed by atoms with Crippen molar-refractivity contribution in [2.75, 3.05) is 5.73 Å². The summed E-state index contributed by atoms with van der Waals surface area (Å²) in [7, 11) is -1.36. The summed E-state index contributed by atoms with van der Waals surface area (Å²) in [6, 6.07) is 4.63. The highest BCUT2D eigenvalue weighted by atomic mass is 32.1. The molecular weight excluding hydrogens is 361 g/mol. The van der Waals surface area contributed by atoms with Crippen LogP contribution in [0.25, 0.3) is 0 Å². The summed E-state index contributed by atoms with van der Waals surface area (Å²) in [5.74, 6) is -2.20. The third-order valence-corrected chi connectivity index (χ3v) is 4.85. The molecule has 26 heavy (non-hydrogen) atoms. The van der Waals surface area contributed by atoms with Crippen molar-refractivity contribution in [1.82, 2.24) is 4.98 Å². The van der Waals surface area contributed by atoms with E-state index in [1.807, 2.05) is 0 Å². The van der Waals surface area contributed by atoms with Crippen molar-refractivity contribution in [2.24, 2.45) is 5.16 Å². The molecule has 2 heterocycles. The minimum Gasteiger partial charge on any atom is -0.535 e. The highest BCUT2D eigenvalue weighted by Crippen LogP contribution is 2.36. The van der Waals surface area contributed by atoms with Gasteiger partial charge in [-0.05, 0) is 18.1 Å². The summed E-state index contributed by atoms with van der Waals surface area (Å²) in [5, 5.41) is 31.8. The average molecular weight is 375 g/mol. The predicted molar refractivity (Wildman–Crippen MR) is 93.9 cm³/mol. The fourth-order valence-electron chi connectivity index (χ4n) is 2.80. The molecule has 1 aromatic carbocycles. The fourth-order valence-corrected chi connectivity index (χ4v) is 3.49. The molecule has 0 unspecified atom stereocenters. The number of benzene rings is 1. The quantitative estimate of drug-likeness (QED) is 0.262. The zero-order valence-electron chi connectivity index (χ0n) is 13.3. The molecular formula is C15H14BN3O6S. The Morgan fingerprint density at radius 1 is 1.46 bits per heavy atom. The lowest BCUT2D eigenvalue weighted by molar-refractivity contribution is -0.113. The molecule has 2 aromatic rings. The van der Waals surface area contributed by atoms with E-state index in [1.165, 1.54) is 12.3 Å². The van der Waals surface area contributed by atoms with Crippen LogP contribution in [0, 0.1) is 0 Å². The topological polar surface area (TPSA) is 155 Å². The second kappa shape index (κ2) is 7.14. The van der Waals surface area contributed by atoms with E-state index in [2.05, 4.69) is 10.1 Å². The molecule has 1 aromatic heterocycles. The first-order valence-electron chi connectivity index (χ1n) is 7.57. The van der Waals surface area contributed by atoms with E-state index < -0.39 is 24.7 Å². The summed E-state index contributed by atoms with van der Waals surface area (Å²) < 4.78 is 5.35. The number of hydrogen-bond acceptors (Lipinski definition) is 9. The van der Waals surface area contributed by atoms with Gasteiger partial charge in [0.25, 0.3) is 0 Å². The number of carboxylic acids is 1. The van der Waals surface area contributed by atoms with Crippen molar-refractivity contribution in [3.05, 3.63) is 40.4 Å². The first-order chi connectivity index (χ1) is 12.4. The van der Waals surface area contributed by atoms with E-state index in [1.54, 1.807) is 12.1 Å². The Bertz CT molecular complexity index is 899. The summed E-state index contributed by atoms with van der Waals surface area (Å²) in [4.78, 5) is 27.8. The zero-order chi connectivity index (χ0) is 18.8. The van der Waals surface area contributed by atoms with Gasteiger partial charge in [0, 0.05) is 18.4 Å². The number of carbonyl (C=O) groups is 2. The highest BCUT2D eigenvalue weighted by molar-refractivity contribution is 7.18. The van der Waals surface area contributed by atoms with Gasteiger partial charge >= 0.3 is 13.1 Å². The lowest BCUT2D eigenvalue weighted by Crippen LogP contribution is -2.36. The number of aromatic carboxylic acids is 1. The number of aromatic nitrogens is 1. The van der Waals surface area contributed by atoms with Gasteiger partial charge in [-0.1, -0.05) is 28.6 Å². The van der Waals surface area contributed by atoms with Gasteiger partial charge in [0.2, 0.25) is 0 Å². The van der Waals surface area contributed by atoms with Crippen molar-refractivity contribution in [2.45, 2.75) is 18.7 Å². The lowest BCUT2D eigenvalue weighted by Gasteiger charge is -2.27. The Morgan fingerprint density at radius 2 is 2.23 bits per heavy atom. The number of oxime groups is 1. The van der Waals surface area contributed by atoms with Crippen molar-refractivity contribution >= 4 is 41.1 Å². The van der Waals surface area contributed by atoms with Crippen LogP contribution in [0.15, 0.2) is 29.6 Å². The molecule has 134 valence electrons. The largest absolute Gasteiger partial charge is 0.535 e. The minimum absolute atomic E-state index is 0.0518. The third-order valence-electron chi connectivity index (χ3n) is 4.02. The van der Waals surface area contributed by atoms with Crippen LogP contribution in [-0.4, -0.2) is 44.9 Å². The Kier molecular flexibility index (Phi) is 4.91. The number of nitrogen functional groups attached to an aromatic ring is 1. The summed E-state index contributed by atoms with van der Waals surface area (Å²) in [5.41, 5.74) is 5.85. The monoisotopic (exact) mass is 375 g/mol. The molecule has 1 aliphatic heterocycles. The molecule has 1 aliphatic rings. The van der Waals surface area contributed by atoms with Crippen LogP contribution < -0.4 is 10.4 Å². The predicted octanol–water partition coefficient (Wildman–Crippen LogP) is 1.05. The Morgan fingerprint density at radius 3 is 2.85 bits per heavy atom. The third kappa shape index (κ3) is 3.39. The number of hydrogen-bond donors (Lipinski definition) is 4. The number of carbonyl (C=O) groups excluding carboxylic acids is 1. The van der Waals surface area contributed by atoms with Gasteiger partial charge in [-0.15, -0.1) is 0 Å². The first kappa shape index (κ1) is 17.9. The molecule has 11 heteroatoms. The number of fused-ring (bicyclic) bond motifs is 1. The van der Waals surface area contributed by atoms with Gasteiger partial charge in [0.15, 0.2) is 16.6 Å². The van der Waals surface area contributed by atoms with Crippen LogP contribution in [0.1, 0.15) is 27.2 Å². The standard InChI is InChI=1S/C15H14BN3O6S/c17-15-18-6-11(26-15)12(19-24)10(20)5-8-4-7-2-1-3-9(14(21)22)13(7)25-16(8)23/h1-3,6,8,23-24H,4-5H2,(H2,17,18)(H,21,22)/b19-12-/t8-/m1/s1. The molecule has 1 atom stereocenters. The molecule has 0 bridgehead atoms. The number of nitrogens with zero attached hydrogens (tertiary/aromatic N) is 2. The second-order valence-corrected chi connectivity index (χ2v) is 6.77. The highest BCUT2D eigenvalue weighted by Gasteiger charge is 2.38. The van der Waals surface area contributed by atoms with Crippen LogP contribution in [0.2, 0.25) is 5.82 Å². The van der Waals surface area contributed by atoms with Gasteiger partial charge in [-0.2, -0.15) is 0 Å². The lowest BCUT2D eigenvalue weighted by atomic mass is 9.64. The van der Waals surface area contributed by atoms with E-state index in [-0.39, 0.29) is 35.0 Å². The molecule has 0 radical (unpaired) electrons. The maximum absolute atomic E-state index is 12.5. The Hall–Kier alpha value is -2.92. The number of para-hydroxylation sites is 1. The van der Waals surface area contributed by atoms with Crippen LogP contribution >= 0.6 is 11.3 Å². The van der Waals surface area contributed by atoms with E-state index >= 15 is 0 Å². The summed E-state index contributed by atoms with van der Waals surface area (Å²) >= 11 is 1.00. The van der Waals surface area contributed by atoms with Gasteiger partial charge in [0.1, 0.15) is 5.75 Å². The maximum atomic E-state index is 12.5. The molecule has 5 N–H and O–H groups in total. The molecule has 3 rings (SSSR count). The normalized spacial score (nSPS) is 16.7.